The number of aryl methyl sites for hydroxylation is 1. The number of hydrogen-bond acceptors (Lipinski definition) is 7. The van der Waals surface area contributed by atoms with E-state index < -0.39 is 0 Å². The Morgan fingerprint density at radius 3 is 2.95 bits per heavy atom. The number of nitriles is 1. The smallest absolute Gasteiger partial charge is 0.138 e. The van der Waals surface area contributed by atoms with Gasteiger partial charge < -0.3 is 9.72 Å². The monoisotopic (exact) mass is 521 g/mol. The quantitative estimate of drug-likeness (QED) is 0.334. The molecular formula is C29H27N7OS. The molecule has 0 bridgehead atoms. The average molecular weight is 522 g/mol. The normalized spacial score (nSPS) is 22.0. The van der Waals surface area contributed by atoms with Crippen LogP contribution < -0.4 is 0 Å². The van der Waals surface area contributed by atoms with Gasteiger partial charge in [0.25, 0.3) is 0 Å². The molecule has 9 heteroatoms. The van der Waals surface area contributed by atoms with Crippen molar-refractivity contribution in [1.29, 1.82) is 5.26 Å². The maximum absolute atomic E-state index is 9.34. The number of benzene rings is 1. The number of aromatic nitrogens is 5. The lowest BCUT2D eigenvalue weighted by molar-refractivity contribution is -0.0296. The van der Waals surface area contributed by atoms with Crippen LogP contribution in [0.2, 0.25) is 0 Å². The fourth-order valence-corrected chi connectivity index (χ4v) is 7.40. The summed E-state index contributed by atoms with van der Waals surface area (Å²) in [6.45, 7) is 3.41. The minimum absolute atomic E-state index is 0.187. The topological polar surface area (TPSA) is 95.7 Å². The molecule has 6 heterocycles. The molecule has 1 aromatic carbocycles. The molecule has 3 aliphatic rings. The predicted octanol–water partition coefficient (Wildman–Crippen LogP) is 5.37. The van der Waals surface area contributed by atoms with Gasteiger partial charge in [0.15, 0.2) is 0 Å². The van der Waals surface area contributed by atoms with Crippen LogP contribution in [0.25, 0.3) is 43.6 Å². The van der Waals surface area contributed by atoms with E-state index in [4.69, 9.17) is 9.72 Å². The third-order valence-corrected chi connectivity index (χ3v) is 9.65. The first kappa shape index (κ1) is 22.4. The van der Waals surface area contributed by atoms with Gasteiger partial charge in [-0.05, 0) is 42.4 Å². The highest BCUT2D eigenvalue weighted by molar-refractivity contribution is 7.13. The molecule has 5 aromatic rings. The summed E-state index contributed by atoms with van der Waals surface area (Å²) in [7, 11) is 1.97. The molecule has 0 radical (unpaired) electrons. The van der Waals surface area contributed by atoms with Gasteiger partial charge in [-0.25, -0.2) is 4.98 Å². The van der Waals surface area contributed by atoms with Crippen LogP contribution in [0, 0.1) is 16.7 Å². The second-order valence-electron chi connectivity index (χ2n) is 11.2. The number of H-pyrrole nitrogens is 1. The molecule has 1 saturated carbocycles. The van der Waals surface area contributed by atoms with E-state index in [0.29, 0.717) is 13.0 Å². The van der Waals surface area contributed by atoms with Crippen molar-refractivity contribution >= 4 is 33.3 Å². The fraction of sp³-hybridized carbons (Fsp3) is 0.379. The summed E-state index contributed by atoms with van der Waals surface area (Å²) in [6, 6.07) is 9.00. The number of likely N-dealkylation sites (tertiary alicyclic amines) is 1. The lowest BCUT2D eigenvalue weighted by Gasteiger charge is -2.27. The van der Waals surface area contributed by atoms with E-state index in [1.807, 2.05) is 35.8 Å². The van der Waals surface area contributed by atoms with Gasteiger partial charge in [-0.15, -0.1) is 11.3 Å². The highest BCUT2D eigenvalue weighted by Crippen LogP contribution is 2.53. The van der Waals surface area contributed by atoms with E-state index >= 15 is 0 Å². The van der Waals surface area contributed by atoms with Crippen molar-refractivity contribution in [3.8, 4) is 27.8 Å². The second kappa shape index (κ2) is 7.96. The van der Waals surface area contributed by atoms with Crippen molar-refractivity contribution in [2.75, 3.05) is 19.6 Å². The molecule has 4 aromatic heterocycles. The number of fused-ring (bicyclic) bond motifs is 5. The third-order valence-electron chi connectivity index (χ3n) is 8.86. The zero-order valence-electron chi connectivity index (χ0n) is 21.2. The zero-order valence-corrected chi connectivity index (χ0v) is 22.0. The maximum Gasteiger partial charge on any atom is 0.138 e. The van der Waals surface area contributed by atoms with Crippen molar-refractivity contribution in [3.05, 3.63) is 53.4 Å². The zero-order chi connectivity index (χ0) is 25.5. The summed E-state index contributed by atoms with van der Waals surface area (Å²) in [5, 5.41) is 16.1. The molecule has 38 heavy (non-hydrogen) atoms. The van der Waals surface area contributed by atoms with Crippen LogP contribution in [0.1, 0.15) is 36.8 Å². The Balaban J connectivity index is 1.31. The Morgan fingerprint density at radius 1 is 1.21 bits per heavy atom. The summed E-state index contributed by atoms with van der Waals surface area (Å²) in [5.74, 6) is 0. The maximum atomic E-state index is 9.34. The molecule has 1 aliphatic carbocycles. The Bertz CT molecular complexity index is 1760. The van der Waals surface area contributed by atoms with Gasteiger partial charge >= 0.3 is 0 Å². The van der Waals surface area contributed by atoms with E-state index in [1.54, 1.807) is 11.3 Å². The standard InChI is InChI=1S/C29H27N7OS/c1-35-21-3-2-18(10-19(21)12-33-35)23-24-25-20(11-32-27(24)34-26(23)22-13-31-17-38-22)14-37-29(25)7-9-36(16-29)15-28(4-5-28)6-8-30/h2-3,10-13,17H,4-7,9,14-16H2,1H3,(H,32,34)/t29-/m1/s1. The molecule has 8 rings (SSSR count). The van der Waals surface area contributed by atoms with Crippen molar-refractivity contribution in [2.45, 2.75) is 37.9 Å². The van der Waals surface area contributed by atoms with Crippen LogP contribution >= 0.6 is 11.3 Å². The Kier molecular flexibility index (Phi) is 4.70. The van der Waals surface area contributed by atoms with Crippen LogP contribution in [-0.4, -0.2) is 49.3 Å². The molecule has 1 spiro atoms. The van der Waals surface area contributed by atoms with E-state index in [1.165, 1.54) is 11.1 Å². The van der Waals surface area contributed by atoms with Gasteiger partial charge in [-0.2, -0.15) is 10.4 Å². The van der Waals surface area contributed by atoms with Gasteiger partial charge in [-0.1, -0.05) is 6.07 Å². The summed E-state index contributed by atoms with van der Waals surface area (Å²) in [4.78, 5) is 16.5. The van der Waals surface area contributed by atoms with Gasteiger partial charge in [-0.3, -0.25) is 14.6 Å². The van der Waals surface area contributed by atoms with E-state index in [0.717, 1.165) is 82.5 Å². The first-order chi connectivity index (χ1) is 18.6. The SMILES string of the molecule is Cn1ncc2cc(-c3c(-c4cncs4)[nH]c4ncc5c(c34)[C@]3(CCN(CC4(CC#N)CC4)C3)OC5)ccc21. The van der Waals surface area contributed by atoms with Crippen molar-refractivity contribution < 1.29 is 4.74 Å². The summed E-state index contributed by atoms with van der Waals surface area (Å²) < 4.78 is 8.60. The molecule has 190 valence electrons. The van der Waals surface area contributed by atoms with Gasteiger partial charge in [0.2, 0.25) is 0 Å². The number of pyridine rings is 1. The molecule has 1 saturated heterocycles. The minimum atomic E-state index is -0.362. The van der Waals surface area contributed by atoms with E-state index in [2.05, 4.69) is 44.2 Å². The van der Waals surface area contributed by atoms with Crippen LogP contribution in [-0.2, 0) is 24.0 Å². The number of nitrogens with one attached hydrogen (secondary N) is 1. The van der Waals surface area contributed by atoms with Crippen LogP contribution in [0.4, 0.5) is 0 Å². The molecule has 2 aliphatic heterocycles. The number of ether oxygens (including phenoxy) is 1. The van der Waals surface area contributed by atoms with Crippen LogP contribution in [0.15, 0.2) is 42.3 Å². The highest BCUT2D eigenvalue weighted by Gasteiger charge is 2.51. The number of rotatable bonds is 5. The molecule has 2 fully saturated rings. The Hall–Kier alpha value is -3.58. The largest absolute Gasteiger partial charge is 0.364 e. The summed E-state index contributed by atoms with van der Waals surface area (Å²) in [6.07, 6.45) is 9.77. The average Bonchev–Trinajstić information content (AvgIpc) is 3.49. The molecule has 1 atom stereocenters. The fourth-order valence-electron chi connectivity index (χ4n) is 6.77. The van der Waals surface area contributed by atoms with Crippen molar-refractivity contribution in [3.63, 3.8) is 0 Å². The summed E-state index contributed by atoms with van der Waals surface area (Å²) in [5.41, 5.74) is 9.50. The molecule has 8 nitrogen and oxygen atoms in total. The van der Waals surface area contributed by atoms with E-state index in [-0.39, 0.29) is 11.0 Å². The lowest BCUT2D eigenvalue weighted by atomic mass is 9.87. The van der Waals surface area contributed by atoms with Crippen molar-refractivity contribution in [1.82, 2.24) is 29.6 Å². The van der Waals surface area contributed by atoms with E-state index in [9.17, 15) is 5.26 Å². The lowest BCUT2D eigenvalue weighted by Crippen LogP contribution is -2.34. The van der Waals surface area contributed by atoms with Gasteiger partial charge in [0.05, 0.1) is 40.5 Å². The van der Waals surface area contributed by atoms with Crippen molar-refractivity contribution in [2.24, 2.45) is 12.5 Å². The number of hydrogen-bond donors (Lipinski definition) is 1. The van der Waals surface area contributed by atoms with Crippen LogP contribution in [0.5, 0.6) is 0 Å². The minimum Gasteiger partial charge on any atom is -0.364 e. The first-order valence-corrected chi connectivity index (χ1v) is 14.0. The number of nitrogens with zero attached hydrogens (tertiary/aromatic N) is 6. The second-order valence-corrected chi connectivity index (χ2v) is 12.1. The molecule has 0 amide bonds. The predicted molar refractivity (Wildman–Crippen MR) is 146 cm³/mol. The highest BCUT2D eigenvalue weighted by atomic mass is 32.1. The number of thiazole rings is 1. The molecular weight excluding hydrogens is 494 g/mol. The summed E-state index contributed by atoms with van der Waals surface area (Å²) >= 11 is 1.63. The van der Waals surface area contributed by atoms with Gasteiger partial charge in [0, 0.05) is 73.0 Å². The van der Waals surface area contributed by atoms with Crippen LogP contribution in [0.3, 0.4) is 0 Å². The third kappa shape index (κ3) is 3.24. The Labute approximate surface area is 223 Å². The first-order valence-electron chi connectivity index (χ1n) is 13.2. The molecule has 0 unspecified atom stereocenters. The Morgan fingerprint density at radius 2 is 2.13 bits per heavy atom. The van der Waals surface area contributed by atoms with Gasteiger partial charge in [0.1, 0.15) is 11.2 Å². The number of aromatic amines is 1. The molecule has 1 N–H and O–H groups in total.